The SMILES string of the molecule is COc1ccc(-c2csc(NC(=O)CCN3C(=O)NC(C)(C)C3=O)n2)c2ccccc12. The van der Waals surface area contributed by atoms with Gasteiger partial charge in [0.1, 0.15) is 11.3 Å². The molecule has 2 heterocycles. The van der Waals surface area contributed by atoms with Crippen LogP contribution < -0.4 is 15.4 Å². The number of aromatic nitrogens is 1. The van der Waals surface area contributed by atoms with E-state index in [1.165, 1.54) is 11.3 Å². The third-order valence-electron chi connectivity index (χ3n) is 5.14. The Morgan fingerprint density at radius 2 is 1.94 bits per heavy atom. The Morgan fingerprint density at radius 1 is 1.19 bits per heavy atom. The van der Waals surface area contributed by atoms with Gasteiger partial charge in [-0.1, -0.05) is 24.3 Å². The summed E-state index contributed by atoms with van der Waals surface area (Å²) in [5.74, 6) is 0.130. The number of nitrogens with zero attached hydrogens (tertiary/aromatic N) is 2. The highest BCUT2D eigenvalue weighted by atomic mass is 32.1. The molecule has 0 aliphatic carbocycles. The van der Waals surface area contributed by atoms with Crippen molar-refractivity contribution in [2.75, 3.05) is 19.0 Å². The van der Waals surface area contributed by atoms with Crippen LogP contribution in [0.4, 0.5) is 9.93 Å². The molecule has 4 amide bonds. The van der Waals surface area contributed by atoms with Crippen LogP contribution in [0.3, 0.4) is 0 Å². The Kier molecular flexibility index (Phi) is 5.36. The third-order valence-corrected chi connectivity index (χ3v) is 5.90. The fourth-order valence-electron chi connectivity index (χ4n) is 3.54. The number of thiazole rings is 1. The molecule has 0 spiro atoms. The first-order valence-corrected chi connectivity index (χ1v) is 10.6. The van der Waals surface area contributed by atoms with E-state index in [0.717, 1.165) is 32.7 Å². The third kappa shape index (κ3) is 3.96. The predicted octanol–water partition coefficient (Wildman–Crippen LogP) is 3.63. The smallest absolute Gasteiger partial charge is 0.325 e. The van der Waals surface area contributed by atoms with Crippen molar-refractivity contribution < 1.29 is 19.1 Å². The number of rotatable bonds is 6. The zero-order valence-corrected chi connectivity index (χ0v) is 18.2. The van der Waals surface area contributed by atoms with Crippen molar-refractivity contribution in [1.82, 2.24) is 15.2 Å². The number of carbonyl (C=O) groups is 3. The summed E-state index contributed by atoms with van der Waals surface area (Å²) in [5.41, 5.74) is 0.739. The molecule has 2 N–H and O–H groups in total. The number of anilines is 1. The quantitative estimate of drug-likeness (QED) is 0.573. The molecule has 0 bridgehead atoms. The lowest BCUT2D eigenvalue weighted by Crippen LogP contribution is -2.40. The fourth-order valence-corrected chi connectivity index (χ4v) is 4.27. The van der Waals surface area contributed by atoms with Gasteiger partial charge >= 0.3 is 6.03 Å². The zero-order chi connectivity index (χ0) is 22.2. The highest BCUT2D eigenvalue weighted by molar-refractivity contribution is 7.14. The molecule has 2 aromatic carbocycles. The van der Waals surface area contributed by atoms with Crippen LogP contribution in [0.1, 0.15) is 20.3 Å². The molecule has 160 valence electrons. The van der Waals surface area contributed by atoms with Gasteiger partial charge in [0.2, 0.25) is 5.91 Å². The Hall–Kier alpha value is -3.46. The minimum atomic E-state index is -0.946. The van der Waals surface area contributed by atoms with Crippen LogP contribution in [-0.4, -0.2) is 46.9 Å². The second-order valence-corrected chi connectivity index (χ2v) is 8.57. The Labute approximate surface area is 183 Å². The summed E-state index contributed by atoms with van der Waals surface area (Å²) in [7, 11) is 1.64. The van der Waals surface area contributed by atoms with Crippen molar-refractivity contribution >= 4 is 45.1 Å². The number of urea groups is 1. The maximum atomic E-state index is 12.4. The van der Waals surface area contributed by atoms with Crippen molar-refractivity contribution in [2.24, 2.45) is 0 Å². The van der Waals surface area contributed by atoms with E-state index >= 15 is 0 Å². The highest BCUT2D eigenvalue weighted by Crippen LogP contribution is 2.35. The van der Waals surface area contributed by atoms with Crippen molar-refractivity contribution in [1.29, 1.82) is 0 Å². The van der Waals surface area contributed by atoms with Gasteiger partial charge in [0.15, 0.2) is 5.13 Å². The van der Waals surface area contributed by atoms with E-state index in [1.54, 1.807) is 21.0 Å². The van der Waals surface area contributed by atoms with Gasteiger partial charge in [-0.15, -0.1) is 11.3 Å². The molecule has 0 saturated carbocycles. The topological polar surface area (TPSA) is 101 Å². The number of nitrogens with one attached hydrogen (secondary N) is 2. The second-order valence-electron chi connectivity index (χ2n) is 7.71. The van der Waals surface area contributed by atoms with Gasteiger partial charge in [-0.2, -0.15) is 0 Å². The summed E-state index contributed by atoms with van der Waals surface area (Å²) < 4.78 is 5.44. The number of imide groups is 1. The molecule has 1 fully saturated rings. The van der Waals surface area contributed by atoms with Crippen molar-refractivity contribution in [3.05, 3.63) is 41.8 Å². The number of benzene rings is 2. The normalized spacial score (nSPS) is 15.3. The Bertz CT molecular complexity index is 1190. The lowest BCUT2D eigenvalue weighted by Gasteiger charge is -2.15. The molecule has 0 radical (unpaired) electrons. The van der Waals surface area contributed by atoms with Crippen LogP contribution in [0.2, 0.25) is 0 Å². The van der Waals surface area contributed by atoms with E-state index in [1.807, 2.05) is 41.8 Å². The van der Waals surface area contributed by atoms with Gasteiger partial charge in [0, 0.05) is 29.3 Å². The number of amides is 4. The largest absolute Gasteiger partial charge is 0.496 e. The van der Waals surface area contributed by atoms with Crippen LogP contribution >= 0.6 is 11.3 Å². The maximum absolute atomic E-state index is 12.4. The van der Waals surface area contributed by atoms with E-state index in [0.29, 0.717) is 5.13 Å². The minimum absolute atomic E-state index is 0.00435. The van der Waals surface area contributed by atoms with Crippen LogP contribution in [0.25, 0.3) is 22.0 Å². The minimum Gasteiger partial charge on any atom is -0.496 e. The monoisotopic (exact) mass is 438 g/mol. The maximum Gasteiger partial charge on any atom is 0.325 e. The van der Waals surface area contributed by atoms with E-state index in [-0.39, 0.29) is 24.8 Å². The van der Waals surface area contributed by atoms with E-state index in [4.69, 9.17) is 4.74 Å². The summed E-state index contributed by atoms with van der Waals surface area (Å²) in [6.07, 6.45) is -0.00435. The van der Waals surface area contributed by atoms with Crippen LogP contribution in [0.15, 0.2) is 41.8 Å². The predicted molar refractivity (Wildman–Crippen MR) is 119 cm³/mol. The summed E-state index contributed by atoms with van der Waals surface area (Å²) in [4.78, 5) is 42.1. The summed E-state index contributed by atoms with van der Waals surface area (Å²) in [5, 5.41) is 9.67. The fraction of sp³-hybridized carbons (Fsp3) is 0.273. The molecule has 0 unspecified atom stereocenters. The molecule has 0 atom stereocenters. The van der Waals surface area contributed by atoms with Gasteiger partial charge in [0.25, 0.3) is 5.91 Å². The molecule has 1 aliphatic rings. The van der Waals surface area contributed by atoms with E-state index in [2.05, 4.69) is 15.6 Å². The first-order valence-electron chi connectivity index (χ1n) is 9.76. The van der Waals surface area contributed by atoms with E-state index in [9.17, 15) is 14.4 Å². The number of methoxy groups -OCH3 is 1. The number of hydrogen-bond acceptors (Lipinski definition) is 6. The summed E-state index contributed by atoms with van der Waals surface area (Å²) in [6, 6.07) is 11.3. The Morgan fingerprint density at radius 3 is 2.61 bits per heavy atom. The van der Waals surface area contributed by atoms with E-state index < -0.39 is 11.6 Å². The van der Waals surface area contributed by atoms with Crippen molar-refractivity contribution in [3.8, 4) is 17.0 Å². The van der Waals surface area contributed by atoms with Crippen molar-refractivity contribution in [3.63, 3.8) is 0 Å². The first kappa shape index (κ1) is 20.8. The number of carbonyl (C=O) groups excluding carboxylic acids is 3. The Balaban J connectivity index is 1.45. The molecule has 9 heteroatoms. The van der Waals surface area contributed by atoms with Gasteiger partial charge in [-0.05, 0) is 31.4 Å². The standard InChI is InChI=1S/C22H22N4O4S/c1-22(2)19(28)26(21(29)25-22)11-10-18(27)24-20-23-16(12-31-20)14-8-9-17(30-3)15-7-5-4-6-13(14)15/h4-9,12H,10-11H2,1-3H3,(H,25,29)(H,23,24,27). The van der Waals surface area contributed by atoms with Crippen LogP contribution in [0, 0.1) is 0 Å². The van der Waals surface area contributed by atoms with Crippen molar-refractivity contribution in [2.45, 2.75) is 25.8 Å². The first-order chi connectivity index (χ1) is 14.8. The molecule has 1 saturated heterocycles. The van der Waals surface area contributed by atoms with Gasteiger partial charge in [-0.3, -0.25) is 14.5 Å². The molecule has 1 aromatic heterocycles. The average molecular weight is 439 g/mol. The number of fused-ring (bicyclic) bond motifs is 1. The molecule has 3 aromatic rings. The van der Waals surface area contributed by atoms with Gasteiger partial charge < -0.3 is 15.4 Å². The second kappa shape index (κ2) is 7.99. The summed E-state index contributed by atoms with van der Waals surface area (Å²) >= 11 is 1.32. The molecule has 8 nitrogen and oxygen atoms in total. The molecular formula is C22H22N4O4S. The summed E-state index contributed by atoms with van der Waals surface area (Å²) in [6.45, 7) is 3.28. The lowest BCUT2D eigenvalue weighted by atomic mass is 10.0. The molecular weight excluding hydrogens is 416 g/mol. The molecule has 1 aliphatic heterocycles. The van der Waals surface area contributed by atoms with Gasteiger partial charge in [-0.25, -0.2) is 9.78 Å². The zero-order valence-electron chi connectivity index (χ0n) is 17.4. The van der Waals surface area contributed by atoms with Gasteiger partial charge in [0.05, 0.1) is 12.8 Å². The van der Waals surface area contributed by atoms with Crippen LogP contribution in [0.5, 0.6) is 5.75 Å². The molecule has 31 heavy (non-hydrogen) atoms. The molecule has 4 rings (SSSR count). The average Bonchev–Trinajstić information content (AvgIpc) is 3.27. The highest BCUT2D eigenvalue weighted by Gasteiger charge is 2.44. The number of ether oxygens (including phenoxy) is 1. The van der Waals surface area contributed by atoms with Crippen LogP contribution in [-0.2, 0) is 9.59 Å². The number of hydrogen-bond donors (Lipinski definition) is 2. The lowest BCUT2D eigenvalue weighted by molar-refractivity contribution is -0.130.